The molecular weight excluding hydrogens is 294 g/mol. The predicted molar refractivity (Wildman–Crippen MR) is 67.5 cm³/mol. The van der Waals surface area contributed by atoms with Gasteiger partial charge in [0, 0.05) is 16.0 Å². The second-order valence-electron chi connectivity index (χ2n) is 2.86. The Morgan fingerprint density at radius 1 is 1.13 bits per heavy atom. The number of rotatable bonds is 2. The fraction of sp³-hybridized carbons (Fsp3) is 0. The van der Waals surface area contributed by atoms with Crippen molar-refractivity contribution in [1.82, 2.24) is 4.98 Å². The minimum Gasteiger partial charge on any atom is -0.242 e. The fourth-order valence-corrected chi connectivity index (χ4v) is 2.54. The molecule has 0 unspecified atom stereocenters. The van der Waals surface area contributed by atoms with Gasteiger partial charge in [0.25, 0.3) is 0 Å². The van der Waals surface area contributed by atoms with Crippen LogP contribution in [0.3, 0.4) is 0 Å². The van der Waals surface area contributed by atoms with Crippen molar-refractivity contribution in [3.63, 3.8) is 0 Å². The second-order valence-corrected chi connectivity index (χ2v) is 5.22. The highest BCUT2D eigenvalue weighted by atomic mass is 79.9. The molecule has 4 heteroatoms. The van der Waals surface area contributed by atoms with Gasteiger partial charge in [-0.1, -0.05) is 41.6 Å². The summed E-state index contributed by atoms with van der Waals surface area (Å²) in [4.78, 5) is 6.33. The summed E-state index contributed by atoms with van der Waals surface area (Å²) in [6, 6.07) is 12.1. The van der Waals surface area contributed by atoms with E-state index in [1.54, 1.807) is 18.0 Å². The number of halogens is 2. The van der Waals surface area contributed by atoms with Crippen LogP contribution in [0.4, 0.5) is 0 Å². The number of benzene rings is 1. The lowest BCUT2D eigenvalue weighted by atomic mass is 10.4. The maximum Gasteiger partial charge on any atom is 0.143 e. The van der Waals surface area contributed by atoms with Crippen LogP contribution in [0.15, 0.2) is 56.9 Å². The van der Waals surface area contributed by atoms with Crippen LogP contribution in [-0.4, -0.2) is 4.98 Å². The second kappa shape index (κ2) is 5.01. The predicted octanol–water partition coefficient (Wildman–Crippen LogP) is 4.65. The van der Waals surface area contributed by atoms with Gasteiger partial charge >= 0.3 is 0 Å². The van der Waals surface area contributed by atoms with E-state index in [1.807, 2.05) is 24.3 Å². The van der Waals surface area contributed by atoms with Crippen molar-refractivity contribution < 1.29 is 0 Å². The zero-order valence-electron chi connectivity index (χ0n) is 7.65. The van der Waals surface area contributed by atoms with Gasteiger partial charge in [-0.3, -0.25) is 0 Å². The number of aromatic nitrogens is 1. The summed E-state index contributed by atoms with van der Waals surface area (Å²) >= 11 is 10.8. The summed E-state index contributed by atoms with van der Waals surface area (Å²) in [5.74, 6) is 0. The Kier molecular flexibility index (Phi) is 3.67. The Morgan fingerprint density at radius 2 is 1.87 bits per heavy atom. The molecular formula is C11H7BrClNS. The summed E-state index contributed by atoms with van der Waals surface area (Å²) < 4.78 is 0.824. The van der Waals surface area contributed by atoms with E-state index >= 15 is 0 Å². The van der Waals surface area contributed by atoms with Crippen LogP contribution in [-0.2, 0) is 0 Å². The van der Waals surface area contributed by atoms with Crippen LogP contribution in [0.5, 0.6) is 0 Å². The third kappa shape index (κ3) is 2.97. The standard InChI is InChI=1S/C11H7BrClNS/c12-10-6-9(7-14-11(10)13)15-8-4-2-1-3-5-8/h1-7H. The van der Waals surface area contributed by atoms with Gasteiger partial charge in [-0.25, -0.2) is 4.98 Å². The van der Waals surface area contributed by atoms with Crippen LogP contribution in [0.1, 0.15) is 0 Å². The Balaban J connectivity index is 2.22. The van der Waals surface area contributed by atoms with Gasteiger partial charge < -0.3 is 0 Å². The third-order valence-electron chi connectivity index (χ3n) is 1.75. The molecule has 76 valence electrons. The molecule has 0 fully saturated rings. The molecule has 0 saturated heterocycles. The van der Waals surface area contributed by atoms with E-state index in [2.05, 4.69) is 33.0 Å². The first-order chi connectivity index (χ1) is 7.25. The maximum atomic E-state index is 5.82. The van der Waals surface area contributed by atoms with E-state index < -0.39 is 0 Å². The smallest absolute Gasteiger partial charge is 0.143 e. The molecule has 15 heavy (non-hydrogen) atoms. The molecule has 1 aromatic carbocycles. The van der Waals surface area contributed by atoms with Gasteiger partial charge in [-0.15, -0.1) is 0 Å². The van der Waals surface area contributed by atoms with Gasteiger partial charge in [-0.05, 0) is 34.1 Å². The molecule has 0 spiro atoms. The van der Waals surface area contributed by atoms with Crippen molar-refractivity contribution in [2.45, 2.75) is 9.79 Å². The van der Waals surface area contributed by atoms with Gasteiger partial charge in [0.2, 0.25) is 0 Å². The molecule has 2 rings (SSSR count). The summed E-state index contributed by atoms with van der Waals surface area (Å²) in [6.45, 7) is 0. The van der Waals surface area contributed by atoms with Crippen LogP contribution in [0.25, 0.3) is 0 Å². The molecule has 0 N–H and O–H groups in total. The molecule has 0 radical (unpaired) electrons. The van der Waals surface area contributed by atoms with Crippen LogP contribution in [0, 0.1) is 0 Å². The minimum absolute atomic E-state index is 0.493. The van der Waals surface area contributed by atoms with Crippen LogP contribution < -0.4 is 0 Å². The van der Waals surface area contributed by atoms with Crippen molar-refractivity contribution in [3.8, 4) is 0 Å². The van der Waals surface area contributed by atoms with E-state index in [9.17, 15) is 0 Å². The van der Waals surface area contributed by atoms with Crippen molar-refractivity contribution in [2.75, 3.05) is 0 Å². The summed E-state index contributed by atoms with van der Waals surface area (Å²) in [5, 5.41) is 0.493. The third-order valence-corrected chi connectivity index (χ3v) is 3.85. The lowest BCUT2D eigenvalue weighted by Crippen LogP contribution is -1.79. The molecule has 0 saturated carbocycles. The van der Waals surface area contributed by atoms with Gasteiger partial charge in [0.05, 0.1) is 4.47 Å². The topological polar surface area (TPSA) is 12.9 Å². The first kappa shape index (κ1) is 11.0. The zero-order valence-corrected chi connectivity index (χ0v) is 10.8. The Bertz CT molecular complexity index is 461. The summed E-state index contributed by atoms with van der Waals surface area (Å²) in [7, 11) is 0. The summed E-state index contributed by atoms with van der Waals surface area (Å²) in [5.41, 5.74) is 0. The van der Waals surface area contributed by atoms with Crippen LogP contribution in [0.2, 0.25) is 5.15 Å². The number of pyridine rings is 1. The van der Waals surface area contributed by atoms with E-state index in [-0.39, 0.29) is 0 Å². The number of nitrogens with zero attached hydrogens (tertiary/aromatic N) is 1. The van der Waals surface area contributed by atoms with E-state index in [0.29, 0.717) is 5.15 Å². The normalized spacial score (nSPS) is 10.3. The Hall–Kier alpha value is -0.510. The molecule has 0 aliphatic rings. The van der Waals surface area contributed by atoms with Crippen LogP contribution >= 0.6 is 39.3 Å². The first-order valence-corrected chi connectivity index (χ1v) is 6.28. The van der Waals surface area contributed by atoms with Crippen molar-refractivity contribution >= 4 is 39.3 Å². The Morgan fingerprint density at radius 3 is 2.53 bits per heavy atom. The molecule has 1 heterocycles. The molecule has 0 bridgehead atoms. The fourth-order valence-electron chi connectivity index (χ4n) is 1.08. The lowest BCUT2D eigenvalue weighted by molar-refractivity contribution is 1.22. The highest BCUT2D eigenvalue weighted by molar-refractivity contribution is 9.10. The molecule has 2 aromatic rings. The van der Waals surface area contributed by atoms with Crippen molar-refractivity contribution in [2.24, 2.45) is 0 Å². The van der Waals surface area contributed by atoms with Gasteiger partial charge in [0.1, 0.15) is 5.15 Å². The van der Waals surface area contributed by atoms with E-state index in [1.165, 1.54) is 4.90 Å². The minimum atomic E-state index is 0.493. The number of hydrogen-bond acceptors (Lipinski definition) is 2. The molecule has 0 aliphatic heterocycles. The molecule has 1 aromatic heterocycles. The van der Waals surface area contributed by atoms with E-state index in [0.717, 1.165) is 9.37 Å². The lowest BCUT2D eigenvalue weighted by Gasteiger charge is -2.02. The Labute approximate surface area is 106 Å². The van der Waals surface area contributed by atoms with Gasteiger partial charge in [-0.2, -0.15) is 0 Å². The number of hydrogen-bond donors (Lipinski definition) is 0. The highest BCUT2D eigenvalue weighted by Gasteiger charge is 2.01. The molecule has 1 nitrogen and oxygen atoms in total. The monoisotopic (exact) mass is 299 g/mol. The maximum absolute atomic E-state index is 5.82. The zero-order chi connectivity index (χ0) is 10.7. The van der Waals surface area contributed by atoms with Crippen molar-refractivity contribution in [3.05, 3.63) is 52.2 Å². The molecule has 0 aliphatic carbocycles. The molecule has 0 amide bonds. The average Bonchev–Trinajstić information content (AvgIpc) is 2.25. The first-order valence-electron chi connectivity index (χ1n) is 4.29. The van der Waals surface area contributed by atoms with Gasteiger partial charge in [0.15, 0.2) is 0 Å². The highest BCUT2D eigenvalue weighted by Crippen LogP contribution is 2.30. The largest absolute Gasteiger partial charge is 0.242 e. The van der Waals surface area contributed by atoms with E-state index in [4.69, 9.17) is 11.6 Å². The summed E-state index contributed by atoms with van der Waals surface area (Å²) in [6.07, 6.45) is 1.77. The SMILES string of the molecule is Clc1ncc(Sc2ccccc2)cc1Br. The quantitative estimate of drug-likeness (QED) is 0.749. The average molecular weight is 301 g/mol. The molecule has 0 atom stereocenters. The van der Waals surface area contributed by atoms with Crippen molar-refractivity contribution in [1.29, 1.82) is 0 Å².